The van der Waals surface area contributed by atoms with E-state index in [1.54, 1.807) is 30.3 Å². The Morgan fingerprint density at radius 3 is 2.44 bits per heavy atom. The highest BCUT2D eigenvalue weighted by Gasteiger charge is 2.31. The van der Waals surface area contributed by atoms with E-state index in [9.17, 15) is 23.1 Å². The molecule has 1 fully saturated rings. The lowest BCUT2D eigenvalue weighted by molar-refractivity contribution is -0.137. The molecule has 1 aliphatic heterocycles. The van der Waals surface area contributed by atoms with Crippen molar-refractivity contribution in [2.45, 2.75) is 25.9 Å². The van der Waals surface area contributed by atoms with Crippen molar-refractivity contribution in [2.24, 2.45) is 5.92 Å². The lowest BCUT2D eigenvalue weighted by Gasteiger charge is -2.15. The zero-order valence-electron chi connectivity index (χ0n) is 21.3. The summed E-state index contributed by atoms with van der Waals surface area (Å²) in [5, 5.41) is 10.5. The van der Waals surface area contributed by atoms with Crippen LogP contribution in [0.1, 0.15) is 40.6 Å². The molecule has 0 spiro atoms. The van der Waals surface area contributed by atoms with Crippen LogP contribution in [-0.4, -0.2) is 42.0 Å². The Hall–Kier alpha value is -3.56. The SMILES string of the molecule is C[C@@H]1CCN(CCCOc2ccc(Oc3c(C(=O)c4ccc(C(F)(F)F)cc4)sc4cc(O)ccc34)cc2)C1. The van der Waals surface area contributed by atoms with Crippen LogP contribution in [0.5, 0.6) is 23.0 Å². The summed E-state index contributed by atoms with van der Waals surface area (Å²) in [4.78, 5) is 16.0. The number of benzene rings is 3. The molecule has 204 valence electrons. The van der Waals surface area contributed by atoms with Gasteiger partial charge in [0.15, 0.2) is 5.75 Å². The predicted molar refractivity (Wildman–Crippen MR) is 145 cm³/mol. The van der Waals surface area contributed by atoms with Crippen molar-refractivity contribution in [3.63, 3.8) is 0 Å². The average molecular weight is 556 g/mol. The molecule has 1 aromatic heterocycles. The van der Waals surface area contributed by atoms with E-state index >= 15 is 0 Å². The lowest BCUT2D eigenvalue weighted by atomic mass is 10.1. The maximum absolute atomic E-state index is 13.4. The van der Waals surface area contributed by atoms with Gasteiger partial charge in [-0.25, -0.2) is 0 Å². The first-order valence-electron chi connectivity index (χ1n) is 12.8. The van der Waals surface area contributed by atoms with Crippen LogP contribution in [0.3, 0.4) is 0 Å². The Bertz CT molecular complexity index is 1450. The highest BCUT2D eigenvalue weighted by Crippen LogP contribution is 2.43. The van der Waals surface area contributed by atoms with E-state index in [1.165, 1.54) is 18.6 Å². The Morgan fingerprint density at radius 2 is 1.77 bits per heavy atom. The molecular formula is C30H28F3NO4S. The zero-order chi connectivity index (χ0) is 27.6. The number of halogens is 3. The Labute approximate surface area is 228 Å². The van der Waals surface area contributed by atoms with Crippen molar-refractivity contribution < 1.29 is 32.5 Å². The zero-order valence-corrected chi connectivity index (χ0v) is 22.1. The molecule has 1 atom stereocenters. The summed E-state index contributed by atoms with van der Waals surface area (Å²) in [6, 6.07) is 15.8. The Morgan fingerprint density at radius 1 is 1.05 bits per heavy atom. The van der Waals surface area contributed by atoms with E-state index < -0.39 is 17.5 Å². The molecule has 1 N–H and O–H groups in total. The van der Waals surface area contributed by atoms with Crippen LogP contribution in [0.25, 0.3) is 10.1 Å². The summed E-state index contributed by atoms with van der Waals surface area (Å²) in [5.41, 5.74) is -0.722. The standard InChI is InChI=1S/C30H28F3NO4S/c1-19-13-15-34(18-19)14-2-16-37-23-8-10-24(11-9-23)38-28-25-12-7-22(35)17-26(25)39-29(28)27(36)20-3-5-21(6-4-20)30(31,32)33/h3-12,17,19,35H,2,13-16,18H2,1H3/t19-/m1/s1. The summed E-state index contributed by atoms with van der Waals surface area (Å²) in [6.45, 7) is 6.19. The number of alkyl halides is 3. The van der Waals surface area contributed by atoms with E-state index in [-0.39, 0.29) is 21.9 Å². The number of carbonyl (C=O) groups excluding carboxylic acids is 1. The molecule has 0 aliphatic carbocycles. The second kappa shape index (κ2) is 11.3. The van der Waals surface area contributed by atoms with Crippen LogP contribution in [0.15, 0.2) is 66.7 Å². The number of ketones is 1. The first-order chi connectivity index (χ1) is 18.7. The Balaban J connectivity index is 1.31. The monoisotopic (exact) mass is 555 g/mol. The maximum Gasteiger partial charge on any atom is 0.416 e. The fourth-order valence-electron chi connectivity index (χ4n) is 4.68. The van der Waals surface area contributed by atoms with Crippen molar-refractivity contribution in [3.05, 3.63) is 82.7 Å². The largest absolute Gasteiger partial charge is 0.508 e. The van der Waals surface area contributed by atoms with E-state index in [2.05, 4.69) is 11.8 Å². The molecule has 5 nitrogen and oxygen atoms in total. The molecule has 2 heterocycles. The predicted octanol–water partition coefficient (Wildman–Crippen LogP) is 7.76. The minimum Gasteiger partial charge on any atom is -0.508 e. The number of likely N-dealkylation sites (tertiary alicyclic amines) is 1. The molecule has 5 rings (SSSR count). The van der Waals surface area contributed by atoms with Gasteiger partial charge in [-0.15, -0.1) is 11.3 Å². The molecule has 0 radical (unpaired) electrons. The van der Waals surface area contributed by atoms with Crippen molar-refractivity contribution in [1.29, 1.82) is 0 Å². The third kappa shape index (κ3) is 6.37. The number of fused-ring (bicyclic) bond motifs is 1. The van der Waals surface area contributed by atoms with Gasteiger partial charge in [-0.3, -0.25) is 4.79 Å². The van der Waals surface area contributed by atoms with E-state index in [0.717, 1.165) is 67.6 Å². The third-order valence-electron chi connectivity index (χ3n) is 6.75. The quantitative estimate of drug-likeness (QED) is 0.169. The van der Waals surface area contributed by atoms with E-state index in [4.69, 9.17) is 9.47 Å². The minimum absolute atomic E-state index is 0.0320. The number of nitrogens with zero attached hydrogens (tertiary/aromatic N) is 1. The molecule has 4 aromatic rings. The van der Waals surface area contributed by atoms with Crippen LogP contribution in [0, 0.1) is 5.92 Å². The van der Waals surface area contributed by atoms with Crippen LogP contribution < -0.4 is 9.47 Å². The van der Waals surface area contributed by atoms with Crippen molar-refractivity contribution >= 4 is 27.2 Å². The van der Waals surface area contributed by atoms with Gasteiger partial charge in [0.1, 0.15) is 22.1 Å². The number of rotatable bonds is 9. The van der Waals surface area contributed by atoms with Gasteiger partial charge in [-0.2, -0.15) is 13.2 Å². The molecule has 39 heavy (non-hydrogen) atoms. The van der Waals surface area contributed by atoms with Gasteiger partial charge in [0, 0.05) is 28.7 Å². The average Bonchev–Trinajstić information content (AvgIpc) is 3.49. The summed E-state index contributed by atoms with van der Waals surface area (Å²) < 4.78 is 51.6. The van der Waals surface area contributed by atoms with Crippen LogP contribution in [-0.2, 0) is 6.18 Å². The smallest absolute Gasteiger partial charge is 0.416 e. The lowest BCUT2D eigenvalue weighted by Crippen LogP contribution is -2.22. The van der Waals surface area contributed by atoms with E-state index in [1.807, 2.05) is 0 Å². The molecule has 0 unspecified atom stereocenters. The number of ether oxygens (including phenoxy) is 2. The van der Waals surface area contributed by atoms with Gasteiger partial charge in [-0.05, 0) is 79.9 Å². The fourth-order valence-corrected chi connectivity index (χ4v) is 5.81. The first-order valence-corrected chi connectivity index (χ1v) is 13.6. The van der Waals surface area contributed by atoms with Gasteiger partial charge < -0.3 is 19.5 Å². The number of aromatic hydroxyl groups is 1. The number of hydrogen-bond donors (Lipinski definition) is 1. The number of phenolic OH excluding ortho intramolecular Hbond substituents is 1. The summed E-state index contributed by atoms with van der Waals surface area (Å²) in [6.07, 6.45) is -2.30. The third-order valence-corrected chi connectivity index (χ3v) is 7.88. The normalized spacial score (nSPS) is 16.1. The van der Waals surface area contributed by atoms with Crippen molar-refractivity contribution in [2.75, 3.05) is 26.2 Å². The van der Waals surface area contributed by atoms with Gasteiger partial charge in [0.2, 0.25) is 5.78 Å². The Kier molecular flexibility index (Phi) is 7.81. The second-order valence-electron chi connectivity index (χ2n) is 9.81. The highest BCUT2D eigenvalue weighted by atomic mass is 32.1. The molecule has 9 heteroatoms. The maximum atomic E-state index is 13.4. The number of thiophene rings is 1. The number of carbonyl (C=O) groups is 1. The van der Waals surface area contributed by atoms with Gasteiger partial charge >= 0.3 is 6.18 Å². The summed E-state index contributed by atoms with van der Waals surface area (Å²) in [7, 11) is 0. The van der Waals surface area contributed by atoms with Crippen molar-refractivity contribution in [1.82, 2.24) is 4.90 Å². The molecule has 1 aliphatic rings. The van der Waals surface area contributed by atoms with Gasteiger partial charge in [0.25, 0.3) is 0 Å². The van der Waals surface area contributed by atoms with Crippen molar-refractivity contribution in [3.8, 4) is 23.0 Å². The molecular weight excluding hydrogens is 527 g/mol. The molecule has 1 saturated heterocycles. The molecule has 3 aromatic carbocycles. The fraction of sp³-hybridized carbons (Fsp3) is 0.300. The number of phenols is 1. The first kappa shape index (κ1) is 27.0. The second-order valence-corrected chi connectivity index (χ2v) is 10.9. The topological polar surface area (TPSA) is 59.0 Å². The number of hydrogen-bond acceptors (Lipinski definition) is 6. The van der Waals surface area contributed by atoms with Crippen LogP contribution in [0.2, 0.25) is 0 Å². The molecule has 0 saturated carbocycles. The van der Waals surface area contributed by atoms with E-state index in [0.29, 0.717) is 28.2 Å². The summed E-state index contributed by atoms with van der Waals surface area (Å²) in [5.74, 6) is 1.79. The molecule has 0 amide bonds. The van der Waals surface area contributed by atoms with Gasteiger partial charge in [-0.1, -0.05) is 19.1 Å². The highest BCUT2D eigenvalue weighted by molar-refractivity contribution is 7.21. The van der Waals surface area contributed by atoms with Gasteiger partial charge in [0.05, 0.1) is 12.2 Å². The molecule has 0 bridgehead atoms. The minimum atomic E-state index is -4.49. The van der Waals surface area contributed by atoms with Crippen LogP contribution >= 0.6 is 11.3 Å². The van der Waals surface area contributed by atoms with Crippen LogP contribution in [0.4, 0.5) is 13.2 Å². The summed E-state index contributed by atoms with van der Waals surface area (Å²) >= 11 is 1.11.